The summed E-state index contributed by atoms with van der Waals surface area (Å²) < 4.78 is 0. The topological polar surface area (TPSA) is 42.0 Å². The highest BCUT2D eigenvalue weighted by Gasteiger charge is 2.57. The highest BCUT2D eigenvalue weighted by atomic mass is 16.1. The molecule has 28 heavy (non-hydrogen) atoms. The normalized spacial score (nSPS) is 42.9. The summed E-state index contributed by atoms with van der Waals surface area (Å²) >= 11 is 0. The van der Waals surface area contributed by atoms with E-state index in [1.807, 2.05) is 6.20 Å². The Balaban J connectivity index is 1.42. The van der Waals surface area contributed by atoms with Crippen molar-refractivity contribution in [1.29, 1.82) is 0 Å². The van der Waals surface area contributed by atoms with Crippen LogP contribution in [0.15, 0.2) is 30.6 Å². The molecule has 1 N–H and O–H groups in total. The quantitative estimate of drug-likeness (QED) is 0.727. The molecule has 1 aromatic heterocycles. The van der Waals surface area contributed by atoms with E-state index in [2.05, 4.69) is 48.6 Å². The van der Waals surface area contributed by atoms with Crippen LogP contribution in [0.2, 0.25) is 0 Å². The number of allylic oxidation sites excluding steroid dienone is 2. The zero-order chi connectivity index (χ0) is 19.4. The SMILES string of the molecule is CC12CCC3C(CCC4CCC(=O)NCC[C@]43C)C1CC=C2c1cccnc1. The maximum atomic E-state index is 11.9. The second-order valence-corrected chi connectivity index (χ2v) is 10.3. The van der Waals surface area contributed by atoms with Crippen LogP contribution in [-0.2, 0) is 4.79 Å². The van der Waals surface area contributed by atoms with Crippen LogP contribution in [0.4, 0.5) is 0 Å². The Hall–Kier alpha value is -1.64. The van der Waals surface area contributed by atoms with Crippen molar-refractivity contribution >= 4 is 11.5 Å². The fraction of sp³-hybridized carbons (Fsp3) is 0.680. The van der Waals surface area contributed by atoms with E-state index in [4.69, 9.17) is 0 Å². The molecule has 3 heteroatoms. The Morgan fingerprint density at radius 1 is 1.11 bits per heavy atom. The van der Waals surface area contributed by atoms with Gasteiger partial charge in [0.25, 0.3) is 0 Å². The Labute approximate surface area is 169 Å². The average molecular weight is 379 g/mol. The molecule has 3 fully saturated rings. The number of nitrogens with one attached hydrogen (secondary N) is 1. The lowest BCUT2D eigenvalue weighted by atomic mass is 9.46. The number of hydrogen-bond acceptors (Lipinski definition) is 2. The van der Waals surface area contributed by atoms with Crippen LogP contribution < -0.4 is 5.32 Å². The zero-order valence-electron chi connectivity index (χ0n) is 17.4. The highest BCUT2D eigenvalue weighted by molar-refractivity contribution is 5.76. The number of pyridine rings is 1. The number of amides is 1. The molecule has 1 aromatic rings. The van der Waals surface area contributed by atoms with Gasteiger partial charge in [-0.2, -0.15) is 0 Å². The minimum absolute atomic E-state index is 0.265. The lowest BCUT2D eigenvalue weighted by molar-refractivity contribution is -0.125. The van der Waals surface area contributed by atoms with Gasteiger partial charge in [0.1, 0.15) is 0 Å². The molecule has 5 rings (SSSR count). The second kappa shape index (κ2) is 6.71. The van der Waals surface area contributed by atoms with Gasteiger partial charge in [-0.15, -0.1) is 0 Å². The van der Waals surface area contributed by atoms with E-state index in [0.29, 0.717) is 10.8 Å². The molecule has 4 aliphatic rings. The minimum Gasteiger partial charge on any atom is -0.356 e. The van der Waals surface area contributed by atoms with E-state index >= 15 is 0 Å². The predicted molar refractivity (Wildman–Crippen MR) is 112 cm³/mol. The molecule has 0 bridgehead atoms. The smallest absolute Gasteiger partial charge is 0.220 e. The fourth-order valence-electron chi connectivity index (χ4n) is 7.80. The largest absolute Gasteiger partial charge is 0.356 e. The van der Waals surface area contributed by atoms with E-state index < -0.39 is 0 Å². The van der Waals surface area contributed by atoms with Crippen molar-refractivity contribution in [3.8, 4) is 0 Å². The molecule has 3 aliphatic carbocycles. The van der Waals surface area contributed by atoms with E-state index in [-0.39, 0.29) is 5.91 Å². The van der Waals surface area contributed by atoms with Gasteiger partial charge in [-0.25, -0.2) is 0 Å². The van der Waals surface area contributed by atoms with E-state index in [0.717, 1.165) is 49.5 Å². The summed E-state index contributed by atoms with van der Waals surface area (Å²) in [6.45, 7) is 5.97. The summed E-state index contributed by atoms with van der Waals surface area (Å²) in [5, 5.41) is 3.16. The van der Waals surface area contributed by atoms with Crippen molar-refractivity contribution in [2.75, 3.05) is 6.54 Å². The monoisotopic (exact) mass is 378 g/mol. The van der Waals surface area contributed by atoms with Gasteiger partial charge in [0, 0.05) is 25.4 Å². The van der Waals surface area contributed by atoms with E-state index in [1.165, 1.54) is 37.7 Å². The van der Waals surface area contributed by atoms with Crippen LogP contribution in [-0.4, -0.2) is 17.4 Å². The Kier molecular flexibility index (Phi) is 4.41. The molecular formula is C25H34N2O. The minimum atomic E-state index is 0.265. The number of nitrogens with zero attached hydrogens (tertiary/aromatic N) is 1. The summed E-state index contributed by atoms with van der Waals surface area (Å²) in [7, 11) is 0. The van der Waals surface area contributed by atoms with Crippen molar-refractivity contribution in [2.45, 2.75) is 65.2 Å². The lowest BCUT2D eigenvalue weighted by Gasteiger charge is -2.59. The molecule has 1 aliphatic heterocycles. The summed E-state index contributed by atoms with van der Waals surface area (Å²) in [5.74, 6) is 3.43. The van der Waals surface area contributed by atoms with Crippen LogP contribution in [0.3, 0.4) is 0 Å². The third kappa shape index (κ3) is 2.69. The number of hydrogen-bond donors (Lipinski definition) is 1. The average Bonchev–Trinajstić information content (AvgIpc) is 3.04. The molecule has 1 amide bonds. The molecule has 6 atom stereocenters. The van der Waals surface area contributed by atoms with Crippen molar-refractivity contribution < 1.29 is 4.79 Å². The molecule has 2 heterocycles. The number of rotatable bonds is 1. The van der Waals surface area contributed by atoms with Gasteiger partial charge in [-0.1, -0.05) is 26.0 Å². The standard InChI is InChI=1S/C25H34N2O/c1-24-13-15-27-23(28)10-6-18(24)5-7-19-21-9-8-20(17-4-3-14-26-16-17)25(21,2)12-11-22(19)24/h3-4,8,14,16,18-19,21-22H,5-7,9-13,15H2,1-2H3,(H,27,28)/t18?,19?,21?,22?,24-,25?/m1/s1. The fourth-order valence-corrected chi connectivity index (χ4v) is 7.80. The van der Waals surface area contributed by atoms with Crippen molar-refractivity contribution in [2.24, 2.45) is 34.5 Å². The first kappa shape index (κ1) is 18.4. The molecule has 2 saturated carbocycles. The van der Waals surface area contributed by atoms with Gasteiger partial charge in [-0.05, 0) is 96.7 Å². The van der Waals surface area contributed by atoms with Crippen LogP contribution >= 0.6 is 0 Å². The van der Waals surface area contributed by atoms with Gasteiger partial charge in [0.15, 0.2) is 0 Å². The van der Waals surface area contributed by atoms with Gasteiger partial charge in [0.05, 0.1) is 0 Å². The maximum absolute atomic E-state index is 11.9. The summed E-state index contributed by atoms with van der Waals surface area (Å²) in [6.07, 6.45) is 16.0. The van der Waals surface area contributed by atoms with Crippen LogP contribution in [0, 0.1) is 34.5 Å². The summed E-state index contributed by atoms with van der Waals surface area (Å²) in [6, 6.07) is 4.32. The van der Waals surface area contributed by atoms with E-state index in [1.54, 1.807) is 5.57 Å². The van der Waals surface area contributed by atoms with Gasteiger partial charge < -0.3 is 5.32 Å². The first-order chi connectivity index (χ1) is 13.5. The highest BCUT2D eigenvalue weighted by Crippen LogP contribution is 2.66. The third-order valence-electron chi connectivity index (χ3n) is 9.32. The lowest BCUT2D eigenvalue weighted by Crippen LogP contribution is -2.53. The Bertz CT molecular complexity index is 787. The van der Waals surface area contributed by atoms with Gasteiger partial charge >= 0.3 is 0 Å². The molecule has 0 aromatic carbocycles. The van der Waals surface area contributed by atoms with Gasteiger partial charge in [0.2, 0.25) is 5.91 Å². The van der Waals surface area contributed by atoms with Gasteiger partial charge in [-0.3, -0.25) is 9.78 Å². The molecule has 3 nitrogen and oxygen atoms in total. The number of carbonyl (C=O) groups is 1. The Morgan fingerprint density at radius 2 is 2.00 bits per heavy atom. The zero-order valence-corrected chi connectivity index (χ0v) is 17.4. The van der Waals surface area contributed by atoms with Crippen LogP contribution in [0.5, 0.6) is 0 Å². The van der Waals surface area contributed by atoms with E-state index in [9.17, 15) is 4.79 Å². The second-order valence-electron chi connectivity index (χ2n) is 10.3. The van der Waals surface area contributed by atoms with Crippen molar-refractivity contribution in [3.63, 3.8) is 0 Å². The number of aromatic nitrogens is 1. The van der Waals surface area contributed by atoms with Crippen LogP contribution in [0.1, 0.15) is 70.8 Å². The molecule has 150 valence electrons. The third-order valence-corrected chi connectivity index (χ3v) is 9.32. The molecular weight excluding hydrogens is 344 g/mol. The molecule has 5 unspecified atom stereocenters. The number of carbonyl (C=O) groups excluding carboxylic acids is 1. The first-order valence-corrected chi connectivity index (χ1v) is 11.4. The number of fused-ring (bicyclic) bond motifs is 5. The molecule has 0 spiro atoms. The Morgan fingerprint density at radius 3 is 2.82 bits per heavy atom. The van der Waals surface area contributed by atoms with Crippen molar-refractivity contribution in [3.05, 3.63) is 36.2 Å². The molecule has 0 radical (unpaired) electrons. The molecule has 1 saturated heterocycles. The van der Waals surface area contributed by atoms with Crippen LogP contribution in [0.25, 0.3) is 5.57 Å². The maximum Gasteiger partial charge on any atom is 0.220 e. The van der Waals surface area contributed by atoms with Crippen molar-refractivity contribution in [1.82, 2.24) is 10.3 Å². The summed E-state index contributed by atoms with van der Waals surface area (Å²) in [5.41, 5.74) is 3.60. The first-order valence-electron chi connectivity index (χ1n) is 11.4. The summed E-state index contributed by atoms with van der Waals surface area (Å²) in [4.78, 5) is 16.3. The predicted octanol–water partition coefficient (Wildman–Crippen LogP) is 5.23.